The van der Waals surface area contributed by atoms with Crippen LogP contribution in [0.25, 0.3) is 10.9 Å². The molecule has 180 valence electrons. The third-order valence-corrected chi connectivity index (χ3v) is 6.74. The lowest BCUT2D eigenvalue weighted by Crippen LogP contribution is -2.41. The van der Waals surface area contributed by atoms with E-state index in [0.717, 1.165) is 39.9 Å². The number of ether oxygens (including phenoxy) is 2. The largest absolute Gasteiger partial charge is 0.496 e. The van der Waals surface area contributed by atoms with E-state index in [-0.39, 0.29) is 30.3 Å². The van der Waals surface area contributed by atoms with E-state index in [0.29, 0.717) is 32.3 Å². The summed E-state index contributed by atoms with van der Waals surface area (Å²) in [7, 11) is 3.48. The number of halogens is 1. The Morgan fingerprint density at radius 3 is 2.76 bits per heavy atom. The first-order valence-corrected chi connectivity index (χ1v) is 11.8. The molecule has 0 spiro atoms. The van der Waals surface area contributed by atoms with Crippen molar-refractivity contribution in [3.05, 3.63) is 65.1 Å². The topological polar surface area (TPSA) is 60.8 Å². The Balaban J connectivity index is 1.53. The molecule has 2 aromatic carbocycles. The Kier molecular flexibility index (Phi) is 7.20. The molecule has 1 aromatic heterocycles. The average Bonchev–Trinajstić information content (AvgIpc) is 3.14. The van der Waals surface area contributed by atoms with Gasteiger partial charge < -0.3 is 18.9 Å². The zero-order chi connectivity index (χ0) is 24.2. The molecule has 0 saturated carbocycles. The predicted molar refractivity (Wildman–Crippen MR) is 128 cm³/mol. The molecule has 0 bridgehead atoms. The summed E-state index contributed by atoms with van der Waals surface area (Å²) < 4.78 is 26.6. The maximum absolute atomic E-state index is 14.1. The summed E-state index contributed by atoms with van der Waals surface area (Å²) in [6.07, 6.45) is 3.11. The summed E-state index contributed by atoms with van der Waals surface area (Å²) in [6, 6.07) is 12.4. The standard InChI is InChI=1S/C27H31FN2O4/c1-4-34-27(32)17-30-23-12-10-19(28)15-21(23)22-16-20(11-13-24(22)30)29(2)26(31)14-9-18-7-5-6-8-25(18)33-3/h5-8,10,12,15,20H,4,9,11,13-14,16-17H2,1-3H3/t20-/m0/s1. The summed E-state index contributed by atoms with van der Waals surface area (Å²) in [4.78, 5) is 27.1. The van der Waals surface area contributed by atoms with Gasteiger partial charge in [-0.3, -0.25) is 9.59 Å². The summed E-state index contributed by atoms with van der Waals surface area (Å²) >= 11 is 0. The number of rotatable bonds is 8. The van der Waals surface area contributed by atoms with Crippen molar-refractivity contribution in [2.24, 2.45) is 0 Å². The first-order chi connectivity index (χ1) is 16.4. The monoisotopic (exact) mass is 466 g/mol. The highest BCUT2D eigenvalue weighted by atomic mass is 19.1. The minimum Gasteiger partial charge on any atom is -0.496 e. The number of nitrogens with zero attached hydrogens (tertiary/aromatic N) is 2. The molecule has 34 heavy (non-hydrogen) atoms. The number of aryl methyl sites for hydroxylation is 1. The summed E-state index contributed by atoms with van der Waals surface area (Å²) in [5, 5.41) is 0.805. The van der Waals surface area contributed by atoms with Crippen LogP contribution in [0.3, 0.4) is 0 Å². The van der Waals surface area contributed by atoms with Gasteiger partial charge in [-0.1, -0.05) is 18.2 Å². The Bertz CT molecular complexity index is 1200. The third-order valence-electron chi connectivity index (χ3n) is 6.74. The van der Waals surface area contributed by atoms with Gasteiger partial charge in [0.25, 0.3) is 0 Å². The van der Waals surface area contributed by atoms with Crippen LogP contribution < -0.4 is 4.74 Å². The van der Waals surface area contributed by atoms with Gasteiger partial charge in [0, 0.05) is 36.1 Å². The molecule has 1 heterocycles. The lowest BCUT2D eigenvalue weighted by molar-refractivity contribution is -0.143. The minimum atomic E-state index is -0.313. The highest BCUT2D eigenvalue weighted by molar-refractivity contribution is 5.87. The van der Waals surface area contributed by atoms with Gasteiger partial charge in [-0.2, -0.15) is 0 Å². The summed E-state index contributed by atoms with van der Waals surface area (Å²) in [5.41, 5.74) is 3.87. The number of likely N-dealkylation sites (N-methyl/N-ethyl adjacent to an activating group) is 1. The van der Waals surface area contributed by atoms with Crippen molar-refractivity contribution >= 4 is 22.8 Å². The fourth-order valence-electron chi connectivity index (χ4n) is 4.98. The first kappa shape index (κ1) is 23.8. The number of carbonyl (C=O) groups is 2. The van der Waals surface area contributed by atoms with Gasteiger partial charge in [0.1, 0.15) is 18.1 Å². The second kappa shape index (κ2) is 10.3. The lowest BCUT2D eigenvalue weighted by Gasteiger charge is -2.32. The van der Waals surface area contributed by atoms with Crippen molar-refractivity contribution < 1.29 is 23.5 Å². The van der Waals surface area contributed by atoms with Gasteiger partial charge in [-0.25, -0.2) is 4.39 Å². The summed E-state index contributed by atoms with van der Waals surface area (Å²) in [5.74, 6) is 0.238. The van der Waals surface area contributed by atoms with Gasteiger partial charge in [0.2, 0.25) is 5.91 Å². The summed E-state index contributed by atoms with van der Waals surface area (Å²) in [6.45, 7) is 2.20. The number of benzene rings is 2. The Morgan fingerprint density at radius 2 is 2.00 bits per heavy atom. The molecule has 1 atom stereocenters. The van der Waals surface area contributed by atoms with E-state index in [1.54, 1.807) is 20.1 Å². The average molecular weight is 467 g/mol. The van der Waals surface area contributed by atoms with E-state index in [1.807, 2.05) is 40.8 Å². The molecule has 3 aromatic rings. The molecule has 4 rings (SSSR count). The van der Waals surface area contributed by atoms with Crippen molar-refractivity contribution in [1.82, 2.24) is 9.47 Å². The fourth-order valence-corrected chi connectivity index (χ4v) is 4.98. The lowest BCUT2D eigenvalue weighted by atomic mass is 9.90. The predicted octanol–water partition coefficient (Wildman–Crippen LogP) is 4.30. The molecule has 0 saturated heterocycles. The van der Waals surface area contributed by atoms with Gasteiger partial charge >= 0.3 is 5.97 Å². The van der Waals surface area contributed by atoms with Gasteiger partial charge in [0.05, 0.1) is 13.7 Å². The number of hydrogen-bond donors (Lipinski definition) is 0. The van der Waals surface area contributed by atoms with Crippen LogP contribution in [-0.2, 0) is 40.1 Å². The van der Waals surface area contributed by atoms with Gasteiger partial charge in [-0.15, -0.1) is 0 Å². The molecule has 1 amide bonds. The van der Waals surface area contributed by atoms with Crippen molar-refractivity contribution in [2.45, 2.75) is 51.6 Å². The van der Waals surface area contributed by atoms with Crippen molar-refractivity contribution in [3.63, 3.8) is 0 Å². The van der Waals surface area contributed by atoms with E-state index >= 15 is 0 Å². The van der Waals surface area contributed by atoms with E-state index in [1.165, 1.54) is 12.1 Å². The number of aromatic nitrogens is 1. The second-order valence-corrected chi connectivity index (χ2v) is 8.69. The van der Waals surface area contributed by atoms with Crippen LogP contribution in [0.5, 0.6) is 5.75 Å². The second-order valence-electron chi connectivity index (χ2n) is 8.69. The van der Waals surface area contributed by atoms with Gasteiger partial charge in [0.15, 0.2) is 0 Å². The maximum Gasteiger partial charge on any atom is 0.325 e. The van der Waals surface area contributed by atoms with Crippen LogP contribution in [0.2, 0.25) is 0 Å². The molecule has 0 aliphatic heterocycles. The zero-order valence-corrected chi connectivity index (χ0v) is 20.0. The Morgan fingerprint density at radius 1 is 1.21 bits per heavy atom. The third kappa shape index (κ3) is 4.79. The molecule has 0 radical (unpaired) electrons. The molecule has 0 fully saturated rings. The van der Waals surface area contributed by atoms with Crippen LogP contribution in [-0.4, -0.2) is 48.1 Å². The molecule has 1 aliphatic rings. The van der Waals surface area contributed by atoms with Crippen molar-refractivity contribution in [1.29, 1.82) is 0 Å². The Labute approximate surface area is 199 Å². The van der Waals surface area contributed by atoms with E-state index in [9.17, 15) is 14.0 Å². The zero-order valence-electron chi connectivity index (χ0n) is 20.0. The molecule has 0 N–H and O–H groups in total. The Hall–Kier alpha value is -3.35. The number of hydrogen-bond acceptors (Lipinski definition) is 4. The number of carbonyl (C=O) groups excluding carboxylic acids is 2. The van der Waals surface area contributed by atoms with Crippen molar-refractivity contribution in [2.75, 3.05) is 20.8 Å². The highest BCUT2D eigenvalue weighted by Gasteiger charge is 2.30. The van der Waals surface area contributed by atoms with Crippen molar-refractivity contribution in [3.8, 4) is 5.75 Å². The molecular weight excluding hydrogens is 435 g/mol. The van der Waals surface area contributed by atoms with E-state index in [4.69, 9.17) is 9.47 Å². The smallest absolute Gasteiger partial charge is 0.325 e. The number of amides is 1. The van der Waals surface area contributed by atoms with Crippen LogP contribution in [0.4, 0.5) is 4.39 Å². The van der Waals surface area contributed by atoms with Gasteiger partial charge in [-0.05, 0) is 68.0 Å². The van der Waals surface area contributed by atoms with Crippen LogP contribution >= 0.6 is 0 Å². The molecule has 1 aliphatic carbocycles. The number of para-hydroxylation sites is 1. The minimum absolute atomic E-state index is 0.0163. The number of fused-ring (bicyclic) bond motifs is 3. The van der Waals surface area contributed by atoms with Crippen LogP contribution in [0, 0.1) is 5.82 Å². The van der Waals surface area contributed by atoms with E-state index in [2.05, 4.69) is 0 Å². The molecule has 7 heteroatoms. The quantitative estimate of drug-likeness (QED) is 0.465. The SMILES string of the molecule is CCOC(=O)Cn1c2c(c3cc(F)ccc31)C[C@@H](N(C)C(=O)CCc1ccccc1OC)CC2. The molecule has 6 nitrogen and oxygen atoms in total. The van der Waals surface area contributed by atoms with E-state index < -0.39 is 0 Å². The van der Waals surface area contributed by atoms with Crippen LogP contribution in [0.1, 0.15) is 36.6 Å². The molecular formula is C27H31FN2O4. The molecule has 0 unspecified atom stereocenters. The first-order valence-electron chi connectivity index (χ1n) is 11.8. The number of methoxy groups -OCH3 is 1. The fraction of sp³-hybridized carbons (Fsp3) is 0.407. The van der Waals surface area contributed by atoms with Crippen LogP contribution in [0.15, 0.2) is 42.5 Å². The number of esters is 1. The normalized spacial score (nSPS) is 15.1. The highest BCUT2D eigenvalue weighted by Crippen LogP contribution is 2.34. The maximum atomic E-state index is 14.1.